The number of hydrogen-bond donors (Lipinski definition) is 2. The molecule has 0 aliphatic rings. The zero-order valence-electron chi connectivity index (χ0n) is 14.7. The van der Waals surface area contributed by atoms with Crippen molar-refractivity contribution in [2.75, 3.05) is 11.9 Å². The van der Waals surface area contributed by atoms with Gasteiger partial charge in [-0.1, -0.05) is 31.5 Å². The second-order valence-electron chi connectivity index (χ2n) is 5.96. The molecule has 0 bridgehead atoms. The number of carbonyl (C=O) groups is 1. The van der Waals surface area contributed by atoms with Crippen LogP contribution in [0.1, 0.15) is 31.7 Å². The summed E-state index contributed by atoms with van der Waals surface area (Å²) < 4.78 is 40.1. The van der Waals surface area contributed by atoms with Gasteiger partial charge in [-0.15, -0.1) is 0 Å². The molecule has 2 rings (SSSR count). The molecule has 0 aliphatic carbocycles. The van der Waals surface area contributed by atoms with Crippen LogP contribution in [-0.2, 0) is 21.2 Å². The molecular formula is C19H23FN2O3S. The third kappa shape index (κ3) is 6.24. The minimum absolute atomic E-state index is 0.108. The molecule has 0 aromatic heterocycles. The summed E-state index contributed by atoms with van der Waals surface area (Å²) in [5.74, 6) is -0.598. The smallest absolute Gasteiger partial charge is 0.240 e. The van der Waals surface area contributed by atoms with Crippen LogP contribution in [0.2, 0.25) is 0 Å². The van der Waals surface area contributed by atoms with Crippen LogP contribution in [0.15, 0.2) is 53.4 Å². The molecule has 0 heterocycles. The maximum Gasteiger partial charge on any atom is 0.240 e. The minimum Gasteiger partial charge on any atom is -0.326 e. The third-order valence-electron chi connectivity index (χ3n) is 3.78. The molecule has 0 spiro atoms. The molecule has 0 aliphatic heterocycles. The average molecular weight is 378 g/mol. The molecule has 7 heteroatoms. The van der Waals surface area contributed by atoms with Crippen molar-refractivity contribution < 1.29 is 17.6 Å². The zero-order valence-corrected chi connectivity index (χ0v) is 15.5. The first kappa shape index (κ1) is 20.1. The van der Waals surface area contributed by atoms with Crippen molar-refractivity contribution >= 4 is 21.6 Å². The van der Waals surface area contributed by atoms with Gasteiger partial charge >= 0.3 is 0 Å². The Morgan fingerprint density at radius 2 is 1.88 bits per heavy atom. The lowest BCUT2D eigenvalue weighted by Crippen LogP contribution is -2.24. The SMILES string of the molecule is CCCCNS(=O)(=O)c1cccc(NC(=O)CCc2cccc(F)c2)c1. The van der Waals surface area contributed by atoms with Crippen molar-refractivity contribution in [1.29, 1.82) is 0 Å². The number of sulfonamides is 1. The number of rotatable bonds is 9. The lowest BCUT2D eigenvalue weighted by molar-refractivity contribution is -0.116. The Balaban J connectivity index is 1.96. The van der Waals surface area contributed by atoms with E-state index in [0.717, 1.165) is 18.4 Å². The summed E-state index contributed by atoms with van der Waals surface area (Å²) in [5, 5.41) is 2.68. The van der Waals surface area contributed by atoms with Gasteiger partial charge in [0.25, 0.3) is 0 Å². The molecule has 0 radical (unpaired) electrons. The van der Waals surface area contributed by atoms with Gasteiger partial charge in [-0.3, -0.25) is 4.79 Å². The fourth-order valence-corrected chi connectivity index (χ4v) is 3.50. The lowest BCUT2D eigenvalue weighted by atomic mass is 10.1. The Morgan fingerprint density at radius 1 is 1.12 bits per heavy atom. The summed E-state index contributed by atoms with van der Waals surface area (Å²) in [6.07, 6.45) is 2.23. The minimum atomic E-state index is -3.59. The number of amides is 1. The monoisotopic (exact) mass is 378 g/mol. The van der Waals surface area contributed by atoms with Crippen LogP contribution in [-0.4, -0.2) is 20.9 Å². The Bertz CT molecular complexity index is 853. The number of anilines is 1. The van der Waals surface area contributed by atoms with Crippen LogP contribution in [0.3, 0.4) is 0 Å². The maximum absolute atomic E-state index is 13.1. The Kier molecular flexibility index (Phi) is 7.29. The van der Waals surface area contributed by atoms with Gasteiger partial charge in [0.2, 0.25) is 15.9 Å². The highest BCUT2D eigenvalue weighted by Gasteiger charge is 2.14. The Hall–Kier alpha value is -2.25. The molecule has 5 nitrogen and oxygen atoms in total. The van der Waals surface area contributed by atoms with E-state index in [9.17, 15) is 17.6 Å². The fraction of sp³-hybridized carbons (Fsp3) is 0.316. The highest BCUT2D eigenvalue weighted by atomic mass is 32.2. The summed E-state index contributed by atoms with van der Waals surface area (Å²) in [5.41, 5.74) is 1.14. The van der Waals surface area contributed by atoms with E-state index in [1.54, 1.807) is 24.3 Å². The van der Waals surface area contributed by atoms with E-state index >= 15 is 0 Å². The van der Waals surface area contributed by atoms with Gasteiger partial charge in [-0.2, -0.15) is 0 Å². The van der Waals surface area contributed by atoms with Crippen molar-refractivity contribution in [1.82, 2.24) is 4.72 Å². The normalized spacial score (nSPS) is 11.3. The van der Waals surface area contributed by atoms with E-state index in [-0.39, 0.29) is 23.0 Å². The van der Waals surface area contributed by atoms with Gasteiger partial charge < -0.3 is 5.32 Å². The van der Waals surface area contributed by atoms with Gasteiger partial charge in [-0.05, 0) is 48.7 Å². The molecule has 0 atom stereocenters. The number of benzene rings is 2. The summed E-state index contributed by atoms with van der Waals surface area (Å²) >= 11 is 0. The average Bonchev–Trinajstić information content (AvgIpc) is 2.60. The topological polar surface area (TPSA) is 75.3 Å². The molecule has 0 fully saturated rings. The van der Waals surface area contributed by atoms with Gasteiger partial charge in [0.1, 0.15) is 5.82 Å². The van der Waals surface area contributed by atoms with Crippen molar-refractivity contribution in [3.05, 3.63) is 59.9 Å². The van der Waals surface area contributed by atoms with Crippen LogP contribution in [0.25, 0.3) is 0 Å². The maximum atomic E-state index is 13.1. The highest BCUT2D eigenvalue weighted by Crippen LogP contribution is 2.16. The summed E-state index contributed by atoms with van der Waals surface area (Å²) in [6, 6.07) is 12.2. The van der Waals surface area contributed by atoms with Crippen LogP contribution >= 0.6 is 0 Å². The number of hydrogen-bond acceptors (Lipinski definition) is 3. The van der Waals surface area contributed by atoms with Gasteiger partial charge in [0.15, 0.2) is 0 Å². The van der Waals surface area contributed by atoms with Crippen LogP contribution in [0, 0.1) is 5.82 Å². The Morgan fingerprint density at radius 3 is 2.62 bits per heavy atom. The molecule has 0 unspecified atom stereocenters. The predicted octanol–water partition coefficient (Wildman–Crippen LogP) is 3.48. The molecular weight excluding hydrogens is 355 g/mol. The van der Waals surface area contributed by atoms with Crippen molar-refractivity contribution in [3.63, 3.8) is 0 Å². The molecule has 26 heavy (non-hydrogen) atoms. The van der Waals surface area contributed by atoms with Gasteiger partial charge in [0.05, 0.1) is 4.90 Å². The first-order valence-corrected chi connectivity index (χ1v) is 10.0. The molecule has 2 aromatic rings. The van der Waals surface area contributed by atoms with E-state index in [1.807, 2.05) is 6.92 Å². The Labute approximate surface area is 153 Å². The molecule has 2 aromatic carbocycles. The van der Waals surface area contributed by atoms with Crippen LogP contribution < -0.4 is 10.0 Å². The molecule has 1 amide bonds. The van der Waals surface area contributed by atoms with Crippen LogP contribution in [0.4, 0.5) is 10.1 Å². The van der Waals surface area contributed by atoms with Crippen molar-refractivity contribution in [2.45, 2.75) is 37.5 Å². The zero-order chi connectivity index (χ0) is 19.0. The summed E-state index contributed by atoms with van der Waals surface area (Å²) in [6.45, 7) is 2.36. The number of unbranched alkanes of at least 4 members (excludes halogenated alkanes) is 1. The second kappa shape index (κ2) is 9.45. The predicted molar refractivity (Wildman–Crippen MR) is 99.9 cm³/mol. The standard InChI is InChI=1S/C19H23FN2O3S/c1-2-3-12-21-26(24,25)18-9-5-8-17(14-18)22-19(23)11-10-15-6-4-7-16(20)13-15/h4-9,13-14,21H,2-3,10-12H2,1H3,(H,22,23). The largest absolute Gasteiger partial charge is 0.326 e. The number of aryl methyl sites for hydroxylation is 1. The number of nitrogens with one attached hydrogen (secondary N) is 2. The molecule has 2 N–H and O–H groups in total. The molecule has 0 saturated heterocycles. The number of halogens is 1. The highest BCUT2D eigenvalue weighted by molar-refractivity contribution is 7.89. The summed E-state index contributed by atoms with van der Waals surface area (Å²) in [4.78, 5) is 12.2. The van der Waals surface area contributed by atoms with Gasteiger partial charge in [0, 0.05) is 18.7 Å². The second-order valence-corrected chi connectivity index (χ2v) is 7.72. The van der Waals surface area contributed by atoms with Crippen molar-refractivity contribution in [2.24, 2.45) is 0 Å². The van der Waals surface area contributed by atoms with Crippen molar-refractivity contribution in [3.8, 4) is 0 Å². The van der Waals surface area contributed by atoms with Crippen LogP contribution in [0.5, 0.6) is 0 Å². The first-order chi connectivity index (χ1) is 12.4. The third-order valence-corrected chi connectivity index (χ3v) is 5.24. The molecule has 140 valence electrons. The van der Waals surface area contributed by atoms with E-state index in [1.165, 1.54) is 24.3 Å². The van der Waals surface area contributed by atoms with Gasteiger partial charge in [-0.25, -0.2) is 17.5 Å². The molecule has 0 saturated carbocycles. The first-order valence-electron chi connectivity index (χ1n) is 8.55. The quantitative estimate of drug-likeness (QED) is 0.656. The fourth-order valence-electron chi connectivity index (χ4n) is 2.38. The summed E-state index contributed by atoms with van der Waals surface area (Å²) in [7, 11) is -3.59. The van der Waals surface area contributed by atoms with E-state index in [2.05, 4.69) is 10.0 Å². The number of carbonyl (C=O) groups excluding carboxylic acids is 1. The van der Waals surface area contributed by atoms with E-state index in [0.29, 0.717) is 18.7 Å². The van der Waals surface area contributed by atoms with E-state index in [4.69, 9.17) is 0 Å². The lowest BCUT2D eigenvalue weighted by Gasteiger charge is -2.09. The van der Waals surface area contributed by atoms with E-state index < -0.39 is 10.0 Å².